The van der Waals surface area contributed by atoms with Crippen molar-refractivity contribution < 1.29 is 27.8 Å². The molecule has 1 amide bonds. The summed E-state index contributed by atoms with van der Waals surface area (Å²) in [5.74, 6) is -2.30. The predicted octanol–water partition coefficient (Wildman–Crippen LogP) is -1.20. The van der Waals surface area contributed by atoms with Gasteiger partial charge in [-0.25, -0.2) is 19.6 Å². The van der Waals surface area contributed by atoms with Gasteiger partial charge in [0, 0.05) is 26.9 Å². The molecular formula is C17H29F2N5O4. The first-order valence-corrected chi connectivity index (χ1v) is 9.61. The summed E-state index contributed by atoms with van der Waals surface area (Å²) in [6, 6.07) is -1.79. The number of esters is 1. The highest BCUT2D eigenvalue weighted by Crippen LogP contribution is 2.32. The van der Waals surface area contributed by atoms with Crippen molar-refractivity contribution in [3.63, 3.8) is 0 Å². The average molecular weight is 405 g/mol. The summed E-state index contributed by atoms with van der Waals surface area (Å²) < 4.78 is 38.6. The van der Waals surface area contributed by atoms with Gasteiger partial charge in [0.25, 0.3) is 0 Å². The Kier molecular flexibility index (Phi) is 7.15. The number of amides is 1. The monoisotopic (exact) mass is 405 g/mol. The van der Waals surface area contributed by atoms with E-state index in [4.69, 9.17) is 4.74 Å². The number of alkyl halides is 2. The van der Waals surface area contributed by atoms with E-state index < -0.39 is 48.3 Å². The second kappa shape index (κ2) is 9.40. The van der Waals surface area contributed by atoms with Gasteiger partial charge in [-0.05, 0) is 19.3 Å². The minimum absolute atomic E-state index is 0.107. The number of nitrogens with one attached hydrogen (secondary N) is 4. The minimum Gasteiger partial charge on any atom is -0.469 e. The lowest BCUT2D eigenvalue weighted by molar-refractivity contribution is -0.156. The van der Waals surface area contributed by atoms with Crippen LogP contribution in [0.2, 0.25) is 0 Å². The molecule has 0 radical (unpaired) electrons. The fourth-order valence-electron chi connectivity index (χ4n) is 4.19. The lowest BCUT2D eigenvalue weighted by atomic mass is 9.80. The molecule has 0 spiro atoms. The third-order valence-electron chi connectivity index (χ3n) is 5.81. The summed E-state index contributed by atoms with van der Waals surface area (Å²) in [5.41, 5.74) is 6.08. The van der Waals surface area contributed by atoms with Crippen molar-refractivity contribution in [2.75, 3.05) is 34.0 Å². The second-order valence-electron chi connectivity index (χ2n) is 7.47. The van der Waals surface area contributed by atoms with Crippen molar-refractivity contribution in [2.24, 2.45) is 5.92 Å². The number of hydrogen-bond acceptors (Lipinski definition) is 8. The Labute approximate surface area is 162 Å². The molecule has 28 heavy (non-hydrogen) atoms. The fourth-order valence-corrected chi connectivity index (χ4v) is 4.19. The first kappa shape index (κ1) is 21.3. The maximum Gasteiger partial charge on any atom is 0.310 e. The highest BCUT2D eigenvalue weighted by atomic mass is 19.1. The summed E-state index contributed by atoms with van der Waals surface area (Å²) in [5, 5.41) is 5.83. The topological polar surface area (TPSA) is 104 Å². The van der Waals surface area contributed by atoms with E-state index in [1.807, 2.05) is 0 Å². The van der Waals surface area contributed by atoms with Crippen LogP contribution in [-0.2, 0) is 19.1 Å². The van der Waals surface area contributed by atoms with Crippen LogP contribution in [0.5, 0.6) is 0 Å². The molecule has 2 heterocycles. The molecule has 1 saturated carbocycles. The summed E-state index contributed by atoms with van der Waals surface area (Å²) in [4.78, 5) is 26.9. The predicted molar refractivity (Wildman–Crippen MR) is 95.3 cm³/mol. The maximum absolute atomic E-state index is 14.9. The molecule has 7 atom stereocenters. The number of halogens is 2. The zero-order valence-corrected chi connectivity index (χ0v) is 16.1. The van der Waals surface area contributed by atoms with Crippen LogP contribution in [0, 0.1) is 5.92 Å². The van der Waals surface area contributed by atoms with Gasteiger partial charge >= 0.3 is 5.97 Å². The molecule has 3 aliphatic rings. The number of hydrogen-bond donors (Lipinski definition) is 4. The quantitative estimate of drug-likeness (QED) is 0.423. The van der Waals surface area contributed by atoms with Crippen molar-refractivity contribution >= 4 is 11.9 Å². The van der Waals surface area contributed by atoms with E-state index in [2.05, 4.69) is 31.1 Å². The van der Waals surface area contributed by atoms with Crippen LogP contribution in [-0.4, -0.2) is 87.5 Å². The number of hydrazine groups is 1. The van der Waals surface area contributed by atoms with E-state index in [0.717, 1.165) is 33.3 Å². The summed E-state index contributed by atoms with van der Waals surface area (Å²) in [6.45, 7) is 2.63. The van der Waals surface area contributed by atoms with E-state index in [1.54, 1.807) is 0 Å². The number of nitrogens with zero attached hydrogens (tertiary/aromatic N) is 1. The Hall–Kier alpha value is -1.40. The summed E-state index contributed by atoms with van der Waals surface area (Å²) >= 11 is 0. The highest BCUT2D eigenvalue weighted by Gasteiger charge is 2.50. The molecule has 160 valence electrons. The van der Waals surface area contributed by atoms with Crippen molar-refractivity contribution in [2.45, 2.75) is 56.0 Å². The van der Waals surface area contributed by atoms with Crippen molar-refractivity contribution in [3.05, 3.63) is 0 Å². The van der Waals surface area contributed by atoms with E-state index >= 15 is 0 Å². The first-order chi connectivity index (χ1) is 13.5. The smallest absolute Gasteiger partial charge is 0.310 e. The molecule has 9 nitrogen and oxygen atoms in total. The molecule has 0 aromatic rings. The number of methoxy groups -OCH3 is 2. The van der Waals surface area contributed by atoms with E-state index in [0.29, 0.717) is 6.42 Å². The zero-order valence-electron chi connectivity index (χ0n) is 16.1. The number of carbonyl (C=O) groups is 2. The molecule has 3 rings (SSSR count). The minimum atomic E-state index is -1.86. The molecule has 0 bridgehead atoms. The lowest BCUT2D eigenvalue weighted by Crippen LogP contribution is -2.65. The molecule has 4 N–H and O–H groups in total. The van der Waals surface area contributed by atoms with Gasteiger partial charge in [-0.1, -0.05) is 0 Å². The highest BCUT2D eigenvalue weighted by molar-refractivity contribution is 5.83. The molecule has 11 heteroatoms. The standard InChI is InChI=1S/C17H29F2N5O4/c1-27-15-10(18)7-9(17(26)28-2)14(13(15)19)21-16(25)11-3-4-12(23-22-11)24-6-5-20-8-24/h9-15,20,22-23H,3-8H2,1-2H3,(H,21,25). The van der Waals surface area contributed by atoms with Crippen LogP contribution in [0.3, 0.4) is 0 Å². The molecule has 7 unspecified atom stereocenters. The van der Waals surface area contributed by atoms with Crippen LogP contribution in [0.1, 0.15) is 19.3 Å². The van der Waals surface area contributed by atoms with Gasteiger partial charge in [-0.2, -0.15) is 0 Å². The van der Waals surface area contributed by atoms with E-state index in [9.17, 15) is 18.4 Å². The van der Waals surface area contributed by atoms with E-state index in [1.165, 1.54) is 7.11 Å². The lowest BCUT2D eigenvalue weighted by Gasteiger charge is -2.40. The summed E-state index contributed by atoms with van der Waals surface area (Å²) in [6.07, 6.45) is -3.72. The first-order valence-electron chi connectivity index (χ1n) is 9.61. The Bertz CT molecular complexity index is 558. The van der Waals surface area contributed by atoms with Crippen LogP contribution in [0.4, 0.5) is 8.78 Å². The number of rotatable bonds is 5. The van der Waals surface area contributed by atoms with Gasteiger partial charge in [0.05, 0.1) is 25.2 Å². The van der Waals surface area contributed by atoms with Gasteiger partial charge < -0.3 is 20.1 Å². The molecule has 3 fully saturated rings. The third kappa shape index (κ3) is 4.43. The van der Waals surface area contributed by atoms with Crippen LogP contribution >= 0.6 is 0 Å². The Morgan fingerprint density at radius 3 is 2.54 bits per heavy atom. The number of ether oxygens (including phenoxy) is 2. The molecule has 0 aromatic heterocycles. The normalized spacial score (nSPS) is 39.5. The van der Waals surface area contributed by atoms with Gasteiger partial charge in [-0.15, -0.1) is 0 Å². The van der Waals surface area contributed by atoms with Crippen LogP contribution < -0.4 is 21.5 Å². The van der Waals surface area contributed by atoms with Gasteiger partial charge in [-0.3, -0.25) is 14.5 Å². The maximum atomic E-state index is 14.9. The van der Waals surface area contributed by atoms with Crippen molar-refractivity contribution in [1.82, 2.24) is 26.4 Å². The third-order valence-corrected chi connectivity index (χ3v) is 5.81. The van der Waals surface area contributed by atoms with E-state index in [-0.39, 0.29) is 12.6 Å². The van der Waals surface area contributed by atoms with Crippen molar-refractivity contribution in [3.8, 4) is 0 Å². The van der Waals surface area contributed by atoms with Gasteiger partial charge in [0.1, 0.15) is 24.5 Å². The Morgan fingerprint density at radius 1 is 1.18 bits per heavy atom. The second-order valence-corrected chi connectivity index (χ2v) is 7.47. The Balaban J connectivity index is 1.61. The molecule has 0 aromatic carbocycles. The zero-order chi connectivity index (χ0) is 20.3. The molecule has 2 aliphatic heterocycles. The van der Waals surface area contributed by atoms with Gasteiger partial charge in [0.15, 0.2) is 0 Å². The van der Waals surface area contributed by atoms with Gasteiger partial charge in [0.2, 0.25) is 5.91 Å². The van der Waals surface area contributed by atoms with Crippen LogP contribution in [0.25, 0.3) is 0 Å². The number of carbonyl (C=O) groups excluding carboxylic acids is 2. The summed E-state index contributed by atoms with van der Waals surface area (Å²) in [7, 11) is 2.37. The molecular weight excluding hydrogens is 376 g/mol. The fraction of sp³-hybridized carbons (Fsp3) is 0.882. The molecule has 1 aliphatic carbocycles. The SMILES string of the molecule is COC(=O)C1CC(F)C(OC)C(F)C1NC(=O)C1CCC(N2CCNC2)NN1. The van der Waals surface area contributed by atoms with Crippen molar-refractivity contribution in [1.29, 1.82) is 0 Å². The van der Waals surface area contributed by atoms with Crippen LogP contribution in [0.15, 0.2) is 0 Å². The Morgan fingerprint density at radius 2 is 1.96 bits per heavy atom. The molecule has 2 saturated heterocycles. The average Bonchev–Trinajstić information content (AvgIpc) is 3.24. The largest absolute Gasteiger partial charge is 0.469 e.